The molecule has 0 atom stereocenters. The third-order valence-corrected chi connectivity index (χ3v) is 3.31. The van der Waals surface area contributed by atoms with Crippen molar-refractivity contribution in [3.8, 4) is 5.75 Å². The van der Waals surface area contributed by atoms with Gasteiger partial charge >= 0.3 is 0 Å². The lowest BCUT2D eigenvalue weighted by Gasteiger charge is -2.07. The van der Waals surface area contributed by atoms with Gasteiger partial charge in [-0.15, -0.1) is 11.8 Å². The van der Waals surface area contributed by atoms with E-state index in [9.17, 15) is 0 Å². The fourth-order valence-corrected chi connectivity index (χ4v) is 2.23. The molecule has 0 amide bonds. The number of nitrogens with one attached hydrogen (secondary N) is 1. The molecule has 4 heteroatoms. The molecule has 2 rings (SSSR count). The second kappa shape index (κ2) is 6.52. The van der Waals surface area contributed by atoms with Crippen molar-refractivity contribution in [2.45, 2.75) is 18.0 Å². The first-order valence-electron chi connectivity index (χ1n) is 5.80. The zero-order chi connectivity index (χ0) is 12.8. The van der Waals surface area contributed by atoms with Gasteiger partial charge in [-0.1, -0.05) is 12.1 Å². The Morgan fingerprint density at radius 1 is 1.33 bits per heavy atom. The molecular formula is C14H17NO2S. The fraction of sp³-hybridized carbons (Fsp3) is 0.286. The van der Waals surface area contributed by atoms with E-state index in [2.05, 4.69) is 11.4 Å². The predicted molar refractivity (Wildman–Crippen MR) is 74.0 cm³/mol. The maximum absolute atomic E-state index is 5.77. The normalized spacial score (nSPS) is 10.6. The molecule has 0 aliphatic carbocycles. The van der Waals surface area contributed by atoms with Gasteiger partial charge in [0, 0.05) is 17.0 Å². The Kier molecular flexibility index (Phi) is 4.73. The summed E-state index contributed by atoms with van der Waals surface area (Å²) in [4.78, 5) is 1.14. The third-order valence-electron chi connectivity index (χ3n) is 2.53. The van der Waals surface area contributed by atoms with E-state index >= 15 is 0 Å². The Labute approximate surface area is 112 Å². The highest BCUT2D eigenvalue weighted by atomic mass is 32.2. The molecule has 1 heterocycles. The Hall–Kier alpha value is -1.39. The van der Waals surface area contributed by atoms with Crippen LogP contribution >= 0.6 is 11.8 Å². The van der Waals surface area contributed by atoms with Gasteiger partial charge in [-0.3, -0.25) is 0 Å². The van der Waals surface area contributed by atoms with E-state index in [1.165, 1.54) is 0 Å². The smallest absolute Gasteiger partial charge is 0.146 e. The molecule has 1 aromatic carbocycles. The molecule has 2 aromatic rings. The van der Waals surface area contributed by atoms with E-state index in [0.29, 0.717) is 6.61 Å². The maximum Gasteiger partial charge on any atom is 0.146 e. The molecule has 0 spiro atoms. The van der Waals surface area contributed by atoms with Gasteiger partial charge in [-0.25, -0.2) is 0 Å². The van der Waals surface area contributed by atoms with E-state index in [1.54, 1.807) is 18.0 Å². The van der Waals surface area contributed by atoms with E-state index in [-0.39, 0.29) is 0 Å². The van der Waals surface area contributed by atoms with Gasteiger partial charge in [0.05, 0.1) is 6.26 Å². The standard InChI is InChI=1S/C14H17NO2S/c1-15-8-11-7-12(16-9-11)10-17-13-5-3-4-6-14(13)18-2/h3-7,9,15H,8,10H2,1-2H3. The third kappa shape index (κ3) is 3.31. The van der Waals surface area contributed by atoms with Crippen LogP contribution in [0.4, 0.5) is 0 Å². The summed E-state index contributed by atoms with van der Waals surface area (Å²) in [5, 5.41) is 3.09. The van der Waals surface area contributed by atoms with Crippen molar-refractivity contribution in [2.24, 2.45) is 0 Å². The van der Waals surface area contributed by atoms with Crippen molar-refractivity contribution in [2.75, 3.05) is 13.3 Å². The van der Waals surface area contributed by atoms with E-state index < -0.39 is 0 Å². The number of hydrogen-bond donors (Lipinski definition) is 1. The summed E-state index contributed by atoms with van der Waals surface area (Å²) < 4.78 is 11.2. The minimum atomic E-state index is 0.460. The van der Waals surface area contributed by atoms with Gasteiger partial charge in [0.2, 0.25) is 0 Å². The van der Waals surface area contributed by atoms with Gasteiger partial charge < -0.3 is 14.5 Å². The van der Waals surface area contributed by atoms with Gasteiger partial charge in [-0.05, 0) is 31.5 Å². The van der Waals surface area contributed by atoms with Crippen LogP contribution in [0.15, 0.2) is 45.9 Å². The van der Waals surface area contributed by atoms with Crippen LogP contribution in [0.3, 0.4) is 0 Å². The van der Waals surface area contributed by atoms with Crippen molar-refractivity contribution in [1.29, 1.82) is 0 Å². The zero-order valence-corrected chi connectivity index (χ0v) is 11.4. The Bertz CT molecular complexity index is 496. The van der Waals surface area contributed by atoms with Gasteiger partial charge in [0.15, 0.2) is 0 Å². The van der Waals surface area contributed by atoms with Crippen molar-refractivity contribution in [3.05, 3.63) is 47.9 Å². The minimum absolute atomic E-state index is 0.460. The van der Waals surface area contributed by atoms with Gasteiger partial charge in [-0.2, -0.15) is 0 Å². The van der Waals surface area contributed by atoms with Crippen molar-refractivity contribution in [1.82, 2.24) is 5.32 Å². The molecule has 3 nitrogen and oxygen atoms in total. The lowest BCUT2D eigenvalue weighted by atomic mass is 10.3. The van der Waals surface area contributed by atoms with Crippen molar-refractivity contribution >= 4 is 11.8 Å². The Morgan fingerprint density at radius 3 is 2.94 bits per heavy atom. The molecule has 0 saturated heterocycles. The Morgan fingerprint density at radius 2 is 2.17 bits per heavy atom. The second-order valence-corrected chi connectivity index (χ2v) is 4.74. The van der Waals surface area contributed by atoms with Crippen LogP contribution in [-0.4, -0.2) is 13.3 Å². The number of rotatable bonds is 6. The molecule has 0 saturated carbocycles. The highest BCUT2D eigenvalue weighted by Gasteiger charge is 2.05. The topological polar surface area (TPSA) is 34.4 Å². The predicted octanol–water partition coefficient (Wildman–Crippen LogP) is 3.30. The number of benzene rings is 1. The van der Waals surface area contributed by atoms with Crippen molar-refractivity contribution in [3.63, 3.8) is 0 Å². The summed E-state index contributed by atoms with van der Waals surface area (Å²) in [6.07, 6.45) is 3.80. The van der Waals surface area contributed by atoms with Gasteiger partial charge in [0.25, 0.3) is 0 Å². The lowest BCUT2D eigenvalue weighted by Crippen LogP contribution is -2.03. The average Bonchev–Trinajstić information content (AvgIpc) is 2.85. The molecular weight excluding hydrogens is 246 g/mol. The lowest BCUT2D eigenvalue weighted by molar-refractivity contribution is 0.264. The first kappa shape index (κ1) is 13.1. The summed E-state index contributed by atoms with van der Waals surface area (Å²) in [7, 11) is 1.91. The maximum atomic E-state index is 5.77. The molecule has 96 valence electrons. The molecule has 1 N–H and O–H groups in total. The highest BCUT2D eigenvalue weighted by Crippen LogP contribution is 2.27. The summed E-state index contributed by atoms with van der Waals surface area (Å²) in [6, 6.07) is 10.0. The van der Waals surface area contributed by atoms with Gasteiger partial charge in [0.1, 0.15) is 18.1 Å². The fourth-order valence-electron chi connectivity index (χ4n) is 1.69. The molecule has 0 aliphatic rings. The number of thioether (sulfide) groups is 1. The number of furan rings is 1. The first-order valence-corrected chi connectivity index (χ1v) is 7.02. The molecule has 0 radical (unpaired) electrons. The highest BCUT2D eigenvalue weighted by molar-refractivity contribution is 7.98. The van der Waals surface area contributed by atoms with E-state index in [0.717, 1.165) is 28.5 Å². The first-order chi connectivity index (χ1) is 8.83. The van der Waals surface area contributed by atoms with Crippen LogP contribution in [0, 0.1) is 0 Å². The van der Waals surface area contributed by atoms with Crippen LogP contribution in [0.5, 0.6) is 5.75 Å². The van der Waals surface area contributed by atoms with Crippen LogP contribution in [-0.2, 0) is 13.2 Å². The number of hydrogen-bond acceptors (Lipinski definition) is 4. The average molecular weight is 263 g/mol. The molecule has 1 aromatic heterocycles. The quantitative estimate of drug-likeness (QED) is 0.811. The summed E-state index contributed by atoms with van der Waals surface area (Å²) >= 11 is 1.68. The van der Waals surface area contributed by atoms with Crippen molar-refractivity contribution < 1.29 is 9.15 Å². The largest absolute Gasteiger partial charge is 0.484 e. The van der Waals surface area contributed by atoms with Crippen LogP contribution in [0.2, 0.25) is 0 Å². The number of ether oxygens (including phenoxy) is 1. The second-order valence-electron chi connectivity index (χ2n) is 3.89. The Balaban J connectivity index is 1.97. The summed E-state index contributed by atoms with van der Waals surface area (Å²) in [5.41, 5.74) is 1.13. The zero-order valence-electron chi connectivity index (χ0n) is 10.6. The minimum Gasteiger partial charge on any atom is -0.484 e. The molecule has 0 unspecified atom stereocenters. The monoisotopic (exact) mass is 263 g/mol. The van der Waals surface area contributed by atoms with E-state index in [1.807, 2.05) is 37.6 Å². The number of para-hydroxylation sites is 1. The SMILES string of the molecule is CNCc1coc(COc2ccccc2SC)c1. The molecule has 18 heavy (non-hydrogen) atoms. The molecule has 0 bridgehead atoms. The van der Waals surface area contributed by atoms with Crippen LogP contribution < -0.4 is 10.1 Å². The molecule has 0 aliphatic heterocycles. The van der Waals surface area contributed by atoms with E-state index in [4.69, 9.17) is 9.15 Å². The summed E-state index contributed by atoms with van der Waals surface area (Å²) in [5.74, 6) is 1.74. The van der Waals surface area contributed by atoms with Crippen LogP contribution in [0.1, 0.15) is 11.3 Å². The molecule has 0 fully saturated rings. The van der Waals surface area contributed by atoms with Crippen LogP contribution in [0.25, 0.3) is 0 Å². The summed E-state index contributed by atoms with van der Waals surface area (Å²) in [6.45, 7) is 1.27.